The number of pyridine rings is 1. The normalized spacial score (nSPS) is 14.4. The van der Waals surface area contributed by atoms with Crippen LogP contribution in [0.5, 0.6) is 0 Å². The Balaban J connectivity index is 0. The maximum Gasteiger partial charge on any atom is 0.0702 e. The zero-order valence-corrected chi connectivity index (χ0v) is 30.4. The molecule has 0 radical (unpaired) electrons. The van der Waals surface area contributed by atoms with E-state index in [9.17, 15) is 0 Å². The fourth-order valence-electron chi connectivity index (χ4n) is 4.25. The van der Waals surface area contributed by atoms with Crippen molar-refractivity contribution >= 4 is 16.5 Å². The number of rotatable bonds is 2. The Morgan fingerprint density at radius 2 is 1.04 bits per heavy atom. The molecule has 0 saturated carbocycles. The first-order valence-electron chi connectivity index (χ1n) is 17.3. The van der Waals surface area contributed by atoms with Crippen molar-refractivity contribution in [3.05, 3.63) is 145 Å². The van der Waals surface area contributed by atoms with Gasteiger partial charge in [-0.1, -0.05) is 199 Å². The Bertz CT molecular complexity index is 1350. The van der Waals surface area contributed by atoms with Gasteiger partial charge in [0.05, 0.1) is 11.6 Å². The largest absolute Gasteiger partial charge is 0.378 e. The Morgan fingerprint density at radius 3 is 1.62 bits per heavy atom. The first-order chi connectivity index (χ1) is 22.3. The predicted octanol–water partition coefficient (Wildman–Crippen LogP) is 13.4. The molecule has 2 nitrogen and oxygen atoms in total. The smallest absolute Gasteiger partial charge is 0.0702 e. The van der Waals surface area contributed by atoms with Crippen LogP contribution in [0.1, 0.15) is 88.6 Å². The molecule has 4 aromatic rings. The predicted molar refractivity (Wildman–Crippen MR) is 208 cm³/mol. The SMILES string of the molecule is C=C1NC2C=CC=CC2C=C1c1ccccc1.CC.CC.CC.CC.CC.CC.c1ccc(-c2cnc3ccccc3c2)cc1. The van der Waals surface area contributed by atoms with E-state index in [1.165, 1.54) is 27.6 Å². The zero-order chi connectivity index (χ0) is 34.5. The number of nitrogens with zero attached hydrogens (tertiary/aromatic N) is 1. The minimum Gasteiger partial charge on any atom is -0.378 e. The second-order valence-electron chi connectivity index (χ2n) is 8.22. The lowest BCUT2D eigenvalue weighted by molar-refractivity contribution is 0.578. The van der Waals surface area contributed by atoms with Gasteiger partial charge in [0.2, 0.25) is 0 Å². The maximum absolute atomic E-state index is 4.46. The first kappa shape index (κ1) is 43.0. The number of aromatic nitrogens is 1. The zero-order valence-electron chi connectivity index (χ0n) is 30.4. The van der Waals surface area contributed by atoms with Crippen LogP contribution in [0.2, 0.25) is 0 Å². The fourth-order valence-corrected chi connectivity index (χ4v) is 4.25. The van der Waals surface area contributed by atoms with E-state index in [2.05, 4.69) is 95.8 Å². The summed E-state index contributed by atoms with van der Waals surface area (Å²) in [6.07, 6.45) is 12.8. The van der Waals surface area contributed by atoms with Crippen LogP contribution < -0.4 is 5.32 Å². The average molecular weight is 607 g/mol. The third-order valence-corrected chi connectivity index (χ3v) is 5.99. The fraction of sp³-hybridized carbons (Fsp3) is 0.326. The molecule has 2 atom stereocenters. The lowest BCUT2D eigenvalue weighted by atomic mass is 9.86. The van der Waals surface area contributed by atoms with Crippen LogP contribution in [-0.4, -0.2) is 11.0 Å². The summed E-state index contributed by atoms with van der Waals surface area (Å²) in [6, 6.07) is 31.5. The standard InChI is InChI=1S/C16H15N.C15H11N.6C2H6/c1-12-15(13-7-3-2-4-8-13)11-14-9-5-6-10-16(14)17-12;1-2-6-12(7-3-1)14-10-13-8-4-5-9-15(13)16-11-14;6*1-2/h2-11,14,16-17H,1H2;1-11H;6*1-2H3. The molecule has 0 spiro atoms. The van der Waals surface area contributed by atoms with Crippen molar-refractivity contribution in [2.45, 2.75) is 89.1 Å². The number of para-hydroxylation sites is 1. The Labute approximate surface area is 277 Å². The molecule has 2 unspecified atom stereocenters. The highest BCUT2D eigenvalue weighted by Crippen LogP contribution is 2.30. The summed E-state index contributed by atoms with van der Waals surface area (Å²) in [5, 5.41) is 4.65. The van der Waals surface area contributed by atoms with Crippen LogP contribution in [0, 0.1) is 5.92 Å². The van der Waals surface area contributed by atoms with Crippen LogP contribution in [0.25, 0.3) is 27.6 Å². The summed E-state index contributed by atoms with van der Waals surface area (Å²) in [5.41, 5.74) is 6.87. The van der Waals surface area contributed by atoms with Crippen molar-refractivity contribution < 1.29 is 0 Å². The van der Waals surface area contributed by atoms with Gasteiger partial charge in [0.1, 0.15) is 0 Å². The Kier molecular flexibility index (Phi) is 27.3. The summed E-state index contributed by atoms with van der Waals surface area (Å²) in [6.45, 7) is 28.1. The lowest BCUT2D eigenvalue weighted by Gasteiger charge is -2.31. The van der Waals surface area contributed by atoms with E-state index in [0.29, 0.717) is 12.0 Å². The molecule has 45 heavy (non-hydrogen) atoms. The monoisotopic (exact) mass is 606 g/mol. The first-order valence-corrected chi connectivity index (χ1v) is 17.3. The third kappa shape index (κ3) is 14.4. The van der Waals surface area contributed by atoms with Crippen LogP contribution in [0.4, 0.5) is 0 Å². The molecule has 1 aliphatic heterocycles. The summed E-state index contributed by atoms with van der Waals surface area (Å²) in [7, 11) is 0. The van der Waals surface area contributed by atoms with Crippen LogP contribution >= 0.6 is 0 Å². The minimum atomic E-state index is 0.361. The summed E-state index contributed by atoms with van der Waals surface area (Å²) in [4.78, 5) is 4.46. The van der Waals surface area contributed by atoms with Gasteiger partial charge < -0.3 is 5.32 Å². The van der Waals surface area contributed by atoms with Gasteiger partial charge in [-0.05, 0) is 23.3 Å². The van der Waals surface area contributed by atoms with Crippen molar-refractivity contribution in [3.63, 3.8) is 0 Å². The number of hydrogen-bond donors (Lipinski definition) is 1. The number of allylic oxidation sites excluding steroid dienone is 3. The summed E-state index contributed by atoms with van der Waals surface area (Å²) in [5.74, 6) is 0.431. The van der Waals surface area contributed by atoms with Crippen LogP contribution in [0.3, 0.4) is 0 Å². The summed E-state index contributed by atoms with van der Waals surface area (Å²) >= 11 is 0. The van der Waals surface area contributed by atoms with Crippen molar-refractivity contribution in [2.24, 2.45) is 5.92 Å². The van der Waals surface area contributed by atoms with Gasteiger partial charge in [-0.2, -0.15) is 0 Å². The molecule has 0 amide bonds. The van der Waals surface area contributed by atoms with Gasteiger partial charge in [-0.15, -0.1) is 0 Å². The quantitative estimate of drug-likeness (QED) is 0.245. The minimum absolute atomic E-state index is 0.361. The van der Waals surface area contributed by atoms with Gasteiger partial charge in [-0.3, -0.25) is 4.98 Å². The molecule has 3 aromatic carbocycles. The molecule has 0 saturated heterocycles. The van der Waals surface area contributed by atoms with E-state index in [1.807, 2.05) is 132 Å². The third-order valence-electron chi connectivity index (χ3n) is 5.99. The van der Waals surface area contributed by atoms with E-state index < -0.39 is 0 Å². The molecule has 2 heterocycles. The van der Waals surface area contributed by atoms with Gasteiger partial charge in [0, 0.05) is 34.3 Å². The van der Waals surface area contributed by atoms with E-state index in [4.69, 9.17) is 0 Å². The highest BCUT2D eigenvalue weighted by molar-refractivity contribution is 5.83. The van der Waals surface area contributed by atoms with Crippen LogP contribution in [0.15, 0.2) is 140 Å². The molecule has 244 valence electrons. The van der Waals surface area contributed by atoms with Gasteiger partial charge in [0.15, 0.2) is 0 Å². The topological polar surface area (TPSA) is 24.9 Å². The molecule has 0 fully saturated rings. The molecule has 1 aliphatic carbocycles. The maximum atomic E-state index is 4.46. The molecule has 1 N–H and O–H groups in total. The molecular formula is C43H62N2. The summed E-state index contributed by atoms with van der Waals surface area (Å²) < 4.78 is 0. The molecule has 2 heteroatoms. The van der Waals surface area contributed by atoms with Crippen molar-refractivity contribution in [3.8, 4) is 11.1 Å². The molecule has 0 bridgehead atoms. The Morgan fingerprint density at radius 1 is 0.556 bits per heavy atom. The van der Waals surface area contributed by atoms with Crippen molar-refractivity contribution in [1.29, 1.82) is 0 Å². The number of hydrogen-bond acceptors (Lipinski definition) is 2. The molecular weight excluding hydrogens is 544 g/mol. The van der Waals surface area contributed by atoms with Gasteiger partial charge in [0.25, 0.3) is 0 Å². The lowest BCUT2D eigenvalue weighted by Crippen LogP contribution is -2.36. The second-order valence-corrected chi connectivity index (χ2v) is 8.22. The van der Waals surface area contributed by atoms with Crippen LogP contribution in [-0.2, 0) is 0 Å². The highest BCUT2D eigenvalue weighted by atomic mass is 14.9. The molecule has 2 aliphatic rings. The van der Waals surface area contributed by atoms with Gasteiger partial charge >= 0.3 is 0 Å². The van der Waals surface area contributed by atoms with Crippen molar-refractivity contribution in [2.75, 3.05) is 0 Å². The van der Waals surface area contributed by atoms with E-state index in [0.717, 1.165) is 11.2 Å². The highest BCUT2D eigenvalue weighted by Gasteiger charge is 2.24. The van der Waals surface area contributed by atoms with Gasteiger partial charge in [-0.25, -0.2) is 0 Å². The Hall–Kier alpha value is -4.17. The molecule has 1 aromatic heterocycles. The van der Waals surface area contributed by atoms with E-state index >= 15 is 0 Å². The number of fused-ring (bicyclic) bond motifs is 2. The van der Waals surface area contributed by atoms with E-state index in [-0.39, 0.29) is 0 Å². The number of nitrogens with one attached hydrogen (secondary N) is 1. The average Bonchev–Trinajstić information content (AvgIpc) is 3.17. The number of benzene rings is 3. The van der Waals surface area contributed by atoms with E-state index in [1.54, 1.807) is 0 Å². The molecule has 6 rings (SSSR count). The van der Waals surface area contributed by atoms with Crippen molar-refractivity contribution in [1.82, 2.24) is 10.3 Å². The second kappa shape index (κ2) is 28.6.